The number of pyridine rings is 1. The summed E-state index contributed by atoms with van der Waals surface area (Å²) in [5.74, 6) is -1.64. The van der Waals surface area contributed by atoms with E-state index in [1.807, 2.05) is 0 Å². The summed E-state index contributed by atoms with van der Waals surface area (Å²) in [6, 6.07) is 2.62. The first kappa shape index (κ1) is 11.6. The molecule has 0 aliphatic carbocycles. The van der Waals surface area contributed by atoms with Crippen LogP contribution in [0.15, 0.2) is 37.1 Å². The highest BCUT2D eigenvalue weighted by molar-refractivity contribution is 6.05. The van der Waals surface area contributed by atoms with Gasteiger partial charge in [-0.15, -0.1) is 0 Å². The van der Waals surface area contributed by atoms with E-state index in [0.29, 0.717) is 5.69 Å². The first-order valence-electron chi connectivity index (χ1n) is 4.92. The Morgan fingerprint density at radius 3 is 2.61 bits per heavy atom. The number of aromatic carboxylic acids is 1. The molecule has 2 aromatic heterocycles. The van der Waals surface area contributed by atoms with Crippen LogP contribution in [0.2, 0.25) is 0 Å². The summed E-state index contributed by atoms with van der Waals surface area (Å²) in [5.41, 5.74) is 0.439. The van der Waals surface area contributed by atoms with Gasteiger partial charge in [-0.2, -0.15) is 0 Å². The molecule has 0 unspecified atom stereocenters. The topological polar surface area (TPSA) is 105 Å². The third kappa shape index (κ3) is 2.64. The minimum atomic E-state index is -1.19. The summed E-state index contributed by atoms with van der Waals surface area (Å²) in [5, 5.41) is 11.3. The van der Waals surface area contributed by atoms with Crippen LogP contribution in [0.3, 0.4) is 0 Å². The third-order valence-corrected chi connectivity index (χ3v) is 2.06. The fourth-order valence-electron chi connectivity index (χ4n) is 1.26. The van der Waals surface area contributed by atoms with Crippen LogP contribution >= 0.6 is 0 Å². The van der Waals surface area contributed by atoms with Crippen LogP contribution in [0.25, 0.3) is 0 Å². The van der Waals surface area contributed by atoms with Gasteiger partial charge in [0.2, 0.25) is 0 Å². The lowest BCUT2D eigenvalue weighted by Gasteiger charge is -2.04. The van der Waals surface area contributed by atoms with E-state index < -0.39 is 11.9 Å². The highest BCUT2D eigenvalue weighted by Crippen LogP contribution is 2.07. The molecule has 2 rings (SSSR count). The summed E-state index contributed by atoms with van der Waals surface area (Å²) in [4.78, 5) is 33.6. The van der Waals surface area contributed by atoms with E-state index in [2.05, 4.69) is 20.3 Å². The Morgan fingerprint density at radius 2 is 1.94 bits per heavy atom. The van der Waals surface area contributed by atoms with Gasteiger partial charge in [-0.3, -0.25) is 4.79 Å². The van der Waals surface area contributed by atoms with Crippen molar-refractivity contribution in [2.24, 2.45) is 0 Å². The molecule has 2 aromatic rings. The zero-order valence-electron chi connectivity index (χ0n) is 9.07. The number of carbonyl (C=O) groups is 2. The number of rotatable bonds is 3. The lowest BCUT2D eigenvalue weighted by Crippen LogP contribution is -2.13. The molecule has 0 aliphatic rings. The molecule has 0 bridgehead atoms. The molecule has 2 heterocycles. The minimum Gasteiger partial charge on any atom is -0.477 e. The van der Waals surface area contributed by atoms with Crippen molar-refractivity contribution in [3.8, 4) is 0 Å². The number of aromatic nitrogens is 3. The average molecular weight is 244 g/mol. The summed E-state index contributed by atoms with van der Waals surface area (Å²) >= 11 is 0. The Hall–Kier alpha value is -2.83. The van der Waals surface area contributed by atoms with Crippen molar-refractivity contribution in [2.75, 3.05) is 5.32 Å². The van der Waals surface area contributed by atoms with Crippen molar-refractivity contribution in [1.29, 1.82) is 0 Å². The van der Waals surface area contributed by atoms with Gasteiger partial charge in [-0.25, -0.2) is 19.7 Å². The van der Waals surface area contributed by atoms with Crippen molar-refractivity contribution in [3.05, 3.63) is 48.3 Å². The average Bonchev–Trinajstić information content (AvgIpc) is 2.40. The monoisotopic (exact) mass is 244 g/mol. The van der Waals surface area contributed by atoms with Gasteiger partial charge in [0.25, 0.3) is 5.91 Å². The number of carboxylic acids is 1. The zero-order valence-corrected chi connectivity index (χ0v) is 9.07. The number of anilines is 1. The van der Waals surface area contributed by atoms with Crippen LogP contribution < -0.4 is 5.32 Å². The Balaban J connectivity index is 2.19. The second-order valence-corrected chi connectivity index (χ2v) is 3.32. The van der Waals surface area contributed by atoms with Crippen molar-refractivity contribution in [3.63, 3.8) is 0 Å². The van der Waals surface area contributed by atoms with Crippen LogP contribution in [0.1, 0.15) is 20.8 Å². The van der Waals surface area contributed by atoms with Gasteiger partial charge in [-0.05, 0) is 12.1 Å². The minimum absolute atomic E-state index is 0.188. The lowest BCUT2D eigenvalue weighted by molar-refractivity contribution is 0.0690. The number of hydrogen-bond acceptors (Lipinski definition) is 5. The van der Waals surface area contributed by atoms with Crippen LogP contribution in [0.4, 0.5) is 5.69 Å². The fourth-order valence-corrected chi connectivity index (χ4v) is 1.26. The second kappa shape index (κ2) is 5.00. The predicted molar refractivity (Wildman–Crippen MR) is 61.2 cm³/mol. The normalized spacial score (nSPS) is 9.78. The summed E-state index contributed by atoms with van der Waals surface area (Å²) in [7, 11) is 0. The van der Waals surface area contributed by atoms with Gasteiger partial charge < -0.3 is 10.4 Å². The molecule has 1 amide bonds. The number of nitrogens with zero attached hydrogens (tertiary/aromatic N) is 3. The molecule has 0 saturated carbocycles. The van der Waals surface area contributed by atoms with E-state index >= 15 is 0 Å². The molecule has 2 N–H and O–H groups in total. The van der Waals surface area contributed by atoms with E-state index in [-0.39, 0.29) is 11.3 Å². The molecule has 90 valence electrons. The summed E-state index contributed by atoms with van der Waals surface area (Å²) in [6.45, 7) is 0. The van der Waals surface area contributed by atoms with Gasteiger partial charge in [0.1, 0.15) is 12.0 Å². The van der Waals surface area contributed by atoms with E-state index in [1.165, 1.54) is 37.1 Å². The highest BCUT2D eigenvalue weighted by Gasteiger charge is 2.10. The number of carbonyl (C=O) groups excluding carboxylic acids is 1. The second-order valence-electron chi connectivity index (χ2n) is 3.32. The van der Waals surface area contributed by atoms with E-state index in [9.17, 15) is 9.59 Å². The van der Waals surface area contributed by atoms with Crippen LogP contribution in [-0.2, 0) is 0 Å². The van der Waals surface area contributed by atoms with Crippen molar-refractivity contribution in [2.45, 2.75) is 0 Å². The van der Waals surface area contributed by atoms with Crippen LogP contribution in [0, 0.1) is 0 Å². The summed E-state index contributed by atoms with van der Waals surface area (Å²) < 4.78 is 0. The SMILES string of the molecule is O=C(Nc1cncnc1)c1ccnc(C(=O)O)c1. The van der Waals surface area contributed by atoms with Gasteiger partial charge in [0.15, 0.2) is 0 Å². The smallest absolute Gasteiger partial charge is 0.354 e. The molecule has 0 saturated heterocycles. The van der Waals surface area contributed by atoms with Crippen molar-refractivity contribution >= 4 is 17.6 Å². The Kier molecular flexibility index (Phi) is 3.24. The maximum absolute atomic E-state index is 11.8. The van der Waals surface area contributed by atoms with Gasteiger partial charge in [0, 0.05) is 11.8 Å². The van der Waals surface area contributed by atoms with E-state index in [4.69, 9.17) is 5.11 Å². The molecular formula is C11H8N4O3. The standard InChI is InChI=1S/C11H8N4O3/c16-10(15-8-4-12-6-13-5-8)7-1-2-14-9(3-7)11(17)18/h1-6H,(H,15,16)(H,17,18). The van der Waals surface area contributed by atoms with Crippen LogP contribution in [0.5, 0.6) is 0 Å². The quantitative estimate of drug-likeness (QED) is 0.828. The fraction of sp³-hybridized carbons (Fsp3) is 0. The van der Waals surface area contributed by atoms with Gasteiger partial charge in [0.05, 0.1) is 18.1 Å². The highest BCUT2D eigenvalue weighted by atomic mass is 16.4. The van der Waals surface area contributed by atoms with Crippen LogP contribution in [-0.4, -0.2) is 31.9 Å². The lowest BCUT2D eigenvalue weighted by atomic mass is 10.2. The van der Waals surface area contributed by atoms with E-state index in [0.717, 1.165) is 0 Å². The van der Waals surface area contributed by atoms with Crippen molar-refractivity contribution < 1.29 is 14.7 Å². The molecule has 7 nitrogen and oxygen atoms in total. The third-order valence-electron chi connectivity index (χ3n) is 2.06. The summed E-state index contributed by atoms with van der Waals surface area (Å²) in [6.07, 6.45) is 5.47. The largest absolute Gasteiger partial charge is 0.477 e. The first-order chi connectivity index (χ1) is 8.66. The predicted octanol–water partition coefficient (Wildman–Crippen LogP) is 0.822. The van der Waals surface area contributed by atoms with Gasteiger partial charge >= 0.3 is 5.97 Å². The number of carboxylic acid groups (broad SMARTS) is 1. The Bertz CT molecular complexity index is 586. The molecule has 7 heteroatoms. The molecule has 0 aromatic carbocycles. The molecule has 0 aliphatic heterocycles. The molecular weight excluding hydrogens is 236 g/mol. The maximum Gasteiger partial charge on any atom is 0.354 e. The zero-order chi connectivity index (χ0) is 13.0. The molecule has 0 atom stereocenters. The van der Waals surface area contributed by atoms with Gasteiger partial charge in [-0.1, -0.05) is 0 Å². The molecule has 0 spiro atoms. The van der Waals surface area contributed by atoms with Crippen molar-refractivity contribution in [1.82, 2.24) is 15.0 Å². The molecule has 0 radical (unpaired) electrons. The number of hydrogen-bond donors (Lipinski definition) is 2. The molecule has 18 heavy (non-hydrogen) atoms. The Labute approximate surface area is 102 Å². The number of amides is 1. The molecule has 0 fully saturated rings. The number of nitrogens with one attached hydrogen (secondary N) is 1. The Morgan fingerprint density at radius 1 is 1.22 bits per heavy atom. The maximum atomic E-state index is 11.8. The van der Waals surface area contributed by atoms with E-state index in [1.54, 1.807) is 0 Å². The first-order valence-corrected chi connectivity index (χ1v) is 4.92.